The van der Waals surface area contributed by atoms with E-state index in [0.29, 0.717) is 12.0 Å². The summed E-state index contributed by atoms with van der Waals surface area (Å²) in [6.07, 6.45) is -8.18. The summed E-state index contributed by atoms with van der Waals surface area (Å²) in [5.41, 5.74) is 1.04. The maximum atomic E-state index is 13.3. The molecule has 0 aliphatic heterocycles. The molecule has 0 fully saturated rings. The third-order valence-electron chi connectivity index (χ3n) is 5.55. The van der Waals surface area contributed by atoms with Gasteiger partial charge in [0.25, 0.3) is 0 Å². The molecule has 6 nitrogen and oxygen atoms in total. The second-order valence-corrected chi connectivity index (χ2v) is 8.89. The molecule has 0 saturated carbocycles. The number of anilines is 1. The van der Waals surface area contributed by atoms with E-state index in [1.165, 1.54) is 19.2 Å². The van der Waals surface area contributed by atoms with Crippen LogP contribution in [0.3, 0.4) is 0 Å². The number of hydrogen-bond acceptors (Lipinski definition) is 4. The van der Waals surface area contributed by atoms with Crippen molar-refractivity contribution in [3.05, 3.63) is 58.7 Å². The van der Waals surface area contributed by atoms with Gasteiger partial charge in [0.15, 0.2) is 6.10 Å². The molecule has 0 saturated heterocycles. The normalized spacial score (nSPS) is 19.3. The SMILES string of the molecule is COc1c(NC(=O)N[C@@H]2Cc3ccccc3[C@H]2O)cc(C(C)(C)C)cc1[C@@H](O)C(F)(F)F. The molecule has 2 aromatic rings. The quantitative estimate of drug-likeness (QED) is 0.555. The number of methoxy groups -OCH3 is 1. The first-order chi connectivity index (χ1) is 14.8. The molecule has 174 valence electrons. The molecule has 4 N–H and O–H groups in total. The maximum Gasteiger partial charge on any atom is 0.418 e. The summed E-state index contributed by atoms with van der Waals surface area (Å²) in [4.78, 5) is 12.7. The Bertz CT molecular complexity index is 1000. The van der Waals surface area contributed by atoms with Crippen LogP contribution in [0.2, 0.25) is 0 Å². The smallest absolute Gasteiger partial charge is 0.418 e. The van der Waals surface area contributed by atoms with Gasteiger partial charge in [0.1, 0.15) is 5.75 Å². The number of aliphatic hydroxyl groups is 2. The molecule has 2 aromatic carbocycles. The molecule has 0 radical (unpaired) electrons. The Hall–Kier alpha value is -2.78. The standard InChI is InChI=1S/C23H27F3N2O4/c1-22(2,3)13-10-15(20(30)23(24,25)26)19(32-4)17(11-13)28-21(31)27-16-9-12-7-5-6-8-14(12)18(16)29/h5-8,10-11,16,18,20,29-30H,9H2,1-4H3,(H2,27,28,31)/t16-,18-,20-/m1/s1. The van der Waals surface area contributed by atoms with Crippen molar-refractivity contribution in [2.24, 2.45) is 0 Å². The number of nitrogens with one attached hydrogen (secondary N) is 2. The summed E-state index contributed by atoms with van der Waals surface area (Å²) in [7, 11) is 1.17. The highest BCUT2D eigenvalue weighted by atomic mass is 19.4. The number of fused-ring (bicyclic) bond motifs is 1. The fraction of sp³-hybridized carbons (Fsp3) is 0.435. The molecule has 0 heterocycles. The number of carbonyl (C=O) groups is 1. The first-order valence-corrected chi connectivity index (χ1v) is 10.1. The predicted molar refractivity (Wildman–Crippen MR) is 114 cm³/mol. The molecule has 32 heavy (non-hydrogen) atoms. The van der Waals surface area contributed by atoms with Crippen LogP contribution in [0.15, 0.2) is 36.4 Å². The minimum atomic E-state index is -4.91. The molecule has 0 unspecified atom stereocenters. The van der Waals surface area contributed by atoms with Crippen molar-refractivity contribution in [1.29, 1.82) is 0 Å². The van der Waals surface area contributed by atoms with Crippen LogP contribution in [0.1, 0.15) is 55.2 Å². The van der Waals surface area contributed by atoms with Gasteiger partial charge in [-0.1, -0.05) is 45.0 Å². The van der Waals surface area contributed by atoms with Gasteiger partial charge in [-0.25, -0.2) is 4.79 Å². The lowest BCUT2D eigenvalue weighted by Crippen LogP contribution is -2.40. The molecular formula is C23H27F3N2O4. The van der Waals surface area contributed by atoms with Gasteiger partial charge in [-0.15, -0.1) is 0 Å². The molecular weight excluding hydrogens is 425 g/mol. The zero-order valence-electron chi connectivity index (χ0n) is 18.2. The van der Waals surface area contributed by atoms with Crippen molar-refractivity contribution < 1.29 is 32.9 Å². The van der Waals surface area contributed by atoms with E-state index < -0.39 is 41.4 Å². The van der Waals surface area contributed by atoms with Gasteiger partial charge >= 0.3 is 12.2 Å². The highest BCUT2D eigenvalue weighted by Gasteiger charge is 2.42. The largest absolute Gasteiger partial charge is 0.494 e. The van der Waals surface area contributed by atoms with Crippen molar-refractivity contribution in [1.82, 2.24) is 5.32 Å². The lowest BCUT2D eigenvalue weighted by atomic mass is 9.84. The Balaban J connectivity index is 1.90. The third kappa shape index (κ3) is 4.83. The van der Waals surface area contributed by atoms with E-state index >= 15 is 0 Å². The van der Waals surface area contributed by atoms with Gasteiger partial charge in [-0.3, -0.25) is 0 Å². The number of rotatable bonds is 4. The van der Waals surface area contributed by atoms with E-state index in [1.54, 1.807) is 32.9 Å². The van der Waals surface area contributed by atoms with E-state index in [0.717, 1.165) is 11.1 Å². The molecule has 1 aliphatic carbocycles. The number of ether oxygens (including phenoxy) is 1. The van der Waals surface area contributed by atoms with E-state index in [2.05, 4.69) is 10.6 Å². The van der Waals surface area contributed by atoms with Crippen molar-refractivity contribution in [2.75, 3.05) is 12.4 Å². The molecule has 0 spiro atoms. The van der Waals surface area contributed by atoms with Crippen LogP contribution in [0.25, 0.3) is 0 Å². The lowest BCUT2D eigenvalue weighted by molar-refractivity contribution is -0.207. The zero-order chi connectivity index (χ0) is 23.8. The maximum absolute atomic E-state index is 13.3. The Morgan fingerprint density at radius 2 is 1.84 bits per heavy atom. The summed E-state index contributed by atoms with van der Waals surface area (Å²) in [5, 5.41) is 25.6. The first kappa shape index (κ1) is 23.9. The number of alkyl halides is 3. The van der Waals surface area contributed by atoms with Gasteiger partial charge in [0.2, 0.25) is 0 Å². The Kier molecular flexibility index (Phi) is 6.44. The van der Waals surface area contributed by atoms with Crippen LogP contribution in [0.5, 0.6) is 5.75 Å². The lowest BCUT2D eigenvalue weighted by Gasteiger charge is -2.26. The number of carbonyl (C=O) groups excluding carboxylic acids is 1. The van der Waals surface area contributed by atoms with E-state index in [9.17, 15) is 28.2 Å². The average molecular weight is 452 g/mol. The summed E-state index contributed by atoms with van der Waals surface area (Å²) < 4.78 is 45.0. The second kappa shape index (κ2) is 8.63. The van der Waals surface area contributed by atoms with Crippen LogP contribution in [0.4, 0.5) is 23.7 Å². The molecule has 1 aliphatic rings. The number of aliphatic hydroxyl groups excluding tert-OH is 2. The van der Waals surface area contributed by atoms with E-state index in [-0.39, 0.29) is 11.4 Å². The minimum Gasteiger partial charge on any atom is -0.494 e. The van der Waals surface area contributed by atoms with Crippen LogP contribution in [-0.4, -0.2) is 35.6 Å². The zero-order valence-corrected chi connectivity index (χ0v) is 18.2. The highest BCUT2D eigenvalue weighted by Crippen LogP contribution is 2.43. The second-order valence-electron chi connectivity index (χ2n) is 8.89. The number of benzene rings is 2. The summed E-state index contributed by atoms with van der Waals surface area (Å²) >= 11 is 0. The van der Waals surface area contributed by atoms with Crippen LogP contribution in [-0.2, 0) is 11.8 Å². The molecule has 0 aromatic heterocycles. The van der Waals surface area contributed by atoms with Crippen LogP contribution < -0.4 is 15.4 Å². The Morgan fingerprint density at radius 1 is 1.19 bits per heavy atom. The molecule has 0 bridgehead atoms. The van der Waals surface area contributed by atoms with Crippen LogP contribution in [0, 0.1) is 0 Å². The summed E-state index contributed by atoms with van der Waals surface area (Å²) in [5.74, 6) is -0.284. The predicted octanol–water partition coefficient (Wildman–Crippen LogP) is 4.37. The van der Waals surface area contributed by atoms with E-state index in [4.69, 9.17) is 4.74 Å². The summed E-state index contributed by atoms with van der Waals surface area (Å²) in [6.45, 7) is 5.40. The Morgan fingerprint density at radius 3 is 2.41 bits per heavy atom. The minimum absolute atomic E-state index is 0.0132. The molecule has 9 heteroatoms. The van der Waals surface area contributed by atoms with Crippen molar-refractivity contribution in [3.8, 4) is 5.75 Å². The molecule has 3 atom stereocenters. The molecule has 2 amide bonds. The average Bonchev–Trinajstić information content (AvgIpc) is 3.01. The van der Waals surface area contributed by atoms with Crippen LogP contribution >= 0.6 is 0 Å². The first-order valence-electron chi connectivity index (χ1n) is 10.1. The van der Waals surface area contributed by atoms with Gasteiger partial charge in [0, 0.05) is 5.56 Å². The number of urea groups is 1. The molecule has 3 rings (SSSR count). The van der Waals surface area contributed by atoms with Crippen molar-refractivity contribution in [3.63, 3.8) is 0 Å². The third-order valence-corrected chi connectivity index (χ3v) is 5.55. The fourth-order valence-electron chi connectivity index (χ4n) is 3.82. The fourth-order valence-corrected chi connectivity index (χ4v) is 3.82. The Labute approximate surface area is 184 Å². The van der Waals surface area contributed by atoms with Gasteiger partial charge in [-0.2, -0.15) is 13.2 Å². The topological polar surface area (TPSA) is 90.8 Å². The summed E-state index contributed by atoms with van der Waals surface area (Å²) in [6, 6.07) is 8.72. The van der Waals surface area contributed by atoms with Gasteiger partial charge in [-0.05, 0) is 40.7 Å². The number of amides is 2. The monoisotopic (exact) mass is 452 g/mol. The van der Waals surface area contributed by atoms with Crippen molar-refractivity contribution >= 4 is 11.7 Å². The highest BCUT2D eigenvalue weighted by molar-refractivity contribution is 5.92. The van der Waals surface area contributed by atoms with Crippen molar-refractivity contribution in [2.45, 2.75) is 57.0 Å². The van der Waals surface area contributed by atoms with Gasteiger partial charge < -0.3 is 25.6 Å². The number of halogens is 3. The van der Waals surface area contributed by atoms with E-state index in [1.807, 2.05) is 12.1 Å². The van der Waals surface area contributed by atoms with Gasteiger partial charge in [0.05, 0.1) is 24.9 Å². The number of hydrogen-bond donors (Lipinski definition) is 4.